The number of nitrogens with one attached hydrogen (secondary N) is 2. The first kappa shape index (κ1) is 26.8. The molecule has 0 saturated heterocycles. The Hall–Kier alpha value is -2.78. The first-order chi connectivity index (χ1) is 16.3. The van der Waals surface area contributed by atoms with Crippen molar-refractivity contribution in [2.75, 3.05) is 0 Å². The maximum absolute atomic E-state index is 12.9. The molecular weight excluding hydrogens is 486 g/mol. The Balaban J connectivity index is 0.00000342. The van der Waals surface area contributed by atoms with Gasteiger partial charge in [-0.15, -0.1) is 12.4 Å². The lowest BCUT2D eigenvalue weighted by Crippen LogP contribution is -2.52. The number of hydrogen-bond acceptors (Lipinski definition) is 5. The van der Waals surface area contributed by atoms with E-state index in [4.69, 9.17) is 0 Å². The van der Waals surface area contributed by atoms with Crippen molar-refractivity contribution in [2.45, 2.75) is 55.6 Å². The van der Waals surface area contributed by atoms with E-state index in [2.05, 4.69) is 53.4 Å². The van der Waals surface area contributed by atoms with Crippen molar-refractivity contribution in [2.24, 2.45) is 0 Å². The molecule has 0 bridgehead atoms. The lowest BCUT2D eigenvalue weighted by molar-refractivity contribution is -0.384. The SMILES string of the molecule is CC(N[C@H]1CCCC[C@@H]1NS(=O)(=O)c1ccc([N+](=O)[O-])cc1)c1ccc(-c2ccccc2)cc1.Cl. The lowest BCUT2D eigenvalue weighted by atomic mass is 9.90. The second-order valence-corrected chi connectivity index (χ2v) is 10.5. The minimum Gasteiger partial charge on any atom is -0.306 e. The topological polar surface area (TPSA) is 101 Å². The van der Waals surface area contributed by atoms with Crippen molar-refractivity contribution >= 4 is 28.1 Å². The molecule has 7 nitrogen and oxygen atoms in total. The van der Waals surface area contributed by atoms with Gasteiger partial charge in [0.15, 0.2) is 0 Å². The molecule has 2 N–H and O–H groups in total. The molecule has 0 amide bonds. The van der Waals surface area contributed by atoms with Crippen molar-refractivity contribution in [3.05, 3.63) is 94.5 Å². The van der Waals surface area contributed by atoms with E-state index in [0.29, 0.717) is 0 Å². The largest absolute Gasteiger partial charge is 0.306 e. The highest BCUT2D eigenvalue weighted by molar-refractivity contribution is 7.89. The van der Waals surface area contributed by atoms with Crippen LogP contribution in [0.25, 0.3) is 11.1 Å². The van der Waals surface area contributed by atoms with Crippen molar-refractivity contribution in [1.82, 2.24) is 10.0 Å². The molecular formula is C26H30ClN3O4S. The van der Waals surface area contributed by atoms with Gasteiger partial charge < -0.3 is 5.32 Å². The number of nitrogens with zero attached hydrogens (tertiary/aromatic N) is 1. The first-order valence-corrected chi connectivity index (χ1v) is 13.0. The third kappa shape index (κ3) is 6.67. The number of benzene rings is 3. The lowest BCUT2D eigenvalue weighted by Gasteiger charge is -2.35. The van der Waals surface area contributed by atoms with Gasteiger partial charge in [0.05, 0.1) is 9.82 Å². The highest BCUT2D eigenvalue weighted by atomic mass is 35.5. The number of sulfonamides is 1. The van der Waals surface area contributed by atoms with E-state index in [1.165, 1.54) is 29.8 Å². The van der Waals surface area contributed by atoms with E-state index >= 15 is 0 Å². The maximum Gasteiger partial charge on any atom is 0.269 e. The van der Waals surface area contributed by atoms with Gasteiger partial charge in [-0.3, -0.25) is 10.1 Å². The Morgan fingerprint density at radius 2 is 1.43 bits per heavy atom. The summed E-state index contributed by atoms with van der Waals surface area (Å²) in [6, 6.07) is 23.4. The highest BCUT2D eigenvalue weighted by Gasteiger charge is 2.30. The van der Waals surface area contributed by atoms with Crippen LogP contribution < -0.4 is 10.0 Å². The average Bonchev–Trinajstić information content (AvgIpc) is 2.86. The molecule has 0 radical (unpaired) electrons. The van der Waals surface area contributed by atoms with Crippen LogP contribution in [0, 0.1) is 10.1 Å². The summed E-state index contributed by atoms with van der Waals surface area (Å²) in [5.41, 5.74) is 3.33. The standard InChI is InChI=1S/C26H29N3O4S.ClH/c1-19(20-11-13-22(14-12-20)21-7-3-2-4-8-21)27-25-9-5-6-10-26(25)28-34(32,33)24-17-15-23(16-18-24)29(30)31;/h2-4,7-8,11-19,25-28H,5-6,9-10H2,1H3;1H/t19?,25-,26-;/m0./s1. The predicted molar refractivity (Wildman–Crippen MR) is 140 cm³/mol. The van der Waals surface area contributed by atoms with Crippen LogP contribution in [0.3, 0.4) is 0 Å². The summed E-state index contributed by atoms with van der Waals surface area (Å²) in [6.07, 6.45) is 3.60. The fourth-order valence-corrected chi connectivity index (χ4v) is 5.81. The molecule has 9 heteroatoms. The summed E-state index contributed by atoms with van der Waals surface area (Å²) in [4.78, 5) is 10.4. The normalized spacial score (nSPS) is 18.9. The van der Waals surface area contributed by atoms with E-state index in [0.717, 1.165) is 36.8 Å². The molecule has 186 valence electrons. The first-order valence-electron chi connectivity index (χ1n) is 11.5. The number of nitro benzene ring substituents is 1. The molecule has 1 saturated carbocycles. The summed E-state index contributed by atoms with van der Waals surface area (Å²) in [7, 11) is -3.78. The van der Waals surface area contributed by atoms with Crippen LogP contribution in [0.4, 0.5) is 5.69 Å². The Morgan fingerprint density at radius 3 is 2.03 bits per heavy atom. The zero-order chi connectivity index (χ0) is 24.1. The molecule has 35 heavy (non-hydrogen) atoms. The van der Waals surface area contributed by atoms with Crippen LogP contribution >= 0.6 is 12.4 Å². The smallest absolute Gasteiger partial charge is 0.269 e. The van der Waals surface area contributed by atoms with Crippen LogP contribution in [0.2, 0.25) is 0 Å². The van der Waals surface area contributed by atoms with Gasteiger partial charge in [-0.05, 0) is 48.6 Å². The van der Waals surface area contributed by atoms with E-state index in [1.54, 1.807) is 0 Å². The van der Waals surface area contributed by atoms with Crippen molar-refractivity contribution in [1.29, 1.82) is 0 Å². The highest BCUT2D eigenvalue weighted by Crippen LogP contribution is 2.26. The van der Waals surface area contributed by atoms with Gasteiger partial charge in [0.1, 0.15) is 0 Å². The van der Waals surface area contributed by atoms with Crippen molar-refractivity contribution in [3.8, 4) is 11.1 Å². The summed E-state index contributed by atoms with van der Waals surface area (Å²) < 4.78 is 28.7. The summed E-state index contributed by atoms with van der Waals surface area (Å²) in [6.45, 7) is 2.09. The maximum atomic E-state index is 12.9. The monoisotopic (exact) mass is 515 g/mol. The molecule has 0 aromatic heterocycles. The second kappa shape index (κ2) is 11.8. The molecule has 0 aliphatic heterocycles. The van der Waals surface area contributed by atoms with Gasteiger partial charge in [-0.2, -0.15) is 0 Å². The molecule has 0 heterocycles. The second-order valence-electron chi connectivity index (χ2n) is 8.75. The van der Waals surface area contributed by atoms with E-state index in [1.807, 2.05) is 18.2 Å². The zero-order valence-electron chi connectivity index (χ0n) is 19.5. The summed E-state index contributed by atoms with van der Waals surface area (Å²) >= 11 is 0. The Kier molecular flexibility index (Phi) is 9.02. The van der Waals surface area contributed by atoms with Gasteiger partial charge in [0.2, 0.25) is 10.0 Å². The van der Waals surface area contributed by atoms with E-state index in [9.17, 15) is 18.5 Å². The minimum atomic E-state index is -3.78. The average molecular weight is 516 g/mol. The van der Waals surface area contributed by atoms with Gasteiger partial charge in [0.25, 0.3) is 5.69 Å². The van der Waals surface area contributed by atoms with Gasteiger partial charge in [-0.25, -0.2) is 13.1 Å². The molecule has 1 fully saturated rings. The number of non-ortho nitro benzene ring substituents is 1. The number of rotatable bonds is 8. The van der Waals surface area contributed by atoms with Crippen LogP contribution in [-0.2, 0) is 10.0 Å². The Bertz CT molecular complexity index is 1220. The molecule has 3 aromatic carbocycles. The van der Waals surface area contributed by atoms with E-state index < -0.39 is 14.9 Å². The number of hydrogen-bond donors (Lipinski definition) is 2. The van der Waals surface area contributed by atoms with Crippen LogP contribution in [0.5, 0.6) is 0 Å². The zero-order valence-corrected chi connectivity index (χ0v) is 21.1. The van der Waals surface area contributed by atoms with Gasteiger partial charge in [-0.1, -0.05) is 67.4 Å². The van der Waals surface area contributed by atoms with Crippen LogP contribution in [0.15, 0.2) is 83.8 Å². The van der Waals surface area contributed by atoms with Crippen molar-refractivity contribution < 1.29 is 13.3 Å². The number of halogens is 1. The molecule has 3 aromatic rings. The molecule has 1 aliphatic rings. The fourth-order valence-electron chi connectivity index (χ4n) is 4.50. The molecule has 1 aliphatic carbocycles. The molecule has 4 rings (SSSR count). The summed E-state index contributed by atoms with van der Waals surface area (Å²) in [5.74, 6) is 0. The van der Waals surface area contributed by atoms with Crippen LogP contribution in [0.1, 0.15) is 44.2 Å². The van der Waals surface area contributed by atoms with E-state index in [-0.39, 0.29) is 41.1 Å². The number of nitro groups is 1. The molecule has 0 spiro atoms. The fraction of sp³-hybridized carbons (Fsp3) is 0.308. The van der Waals surface area contributed by atoms with Crippen molar-refractivity contribution in [3.63, 3.8) is 0 Å². The minimum absolute atomic E-state index is 0. The molecule has 1 unspecified atom stereocenters. The molecule has 3 atom stereocenters. The Labute approximate surface area is 212 Å². The van der Waals surface area contributed by atoms with Gasteiger partial charge >= 0.3 is 0 Å². The third-order valence-corrected chi connectivity index (χ3v) is 7.92. The quantitative estimate of drug-likeness (QED) is 0.299. The predicted octanol–water partition coefficient (Wildman–Crippen LogP) is 5.62. The van der Waals surface area contributed by atoms with Crippen LogP contribution in [-0.4, -0.2) is 25.4 Å². The van der Waals surface area contributed by atoms with Gasteiger partial charge in [0, 0.05) is 30.3 Å². The summed E-state index contributed by atoms with van der Waals surface area (Å²) in [5, 5.41) is 14.5. The Morgan fingerprint density at radius 1 is 0.857 bits per heavy atom. The third-order valence-electron chi connectivity index (χ3n) is 6.41.